The third kappa shape index (κ3) is 1.93. The van der Waals surface area contributed by atoms with Gasteiger partial charge in [0.25, 0.3) is 0 Å². The van der Waals surface area contributed by atoms with Gasteiger partial charge in [0, 0.05) is 17.3 Å². The van der Waals surface area contributed by atoms with E-state index < -0.39 is 0 Å². The lowest BCUT2D eigenvalue weighted by Gasteiger charge is -2.07. The summed E-state index contributed by atoms with van der Waals surface area (Å²) in [7, 11) is 0. The lowest BCUT2D eigenvalue weighted by atomic mass is 10.0. The van der Waals surface area contributed by atoms with E-state index in [4.69, 9.17) is 11.1 Å². The average Bonchev–Trinajstić information content (AvgIpc) is 2.30. The standard InChI is InChI=1S/C13H13N3/c1-9-6-7-12(16-8-9)10-4-2-3-5-11(10)13(14)15/h2-8H,1H3,(H3,14,15). The third-order valence-electron chi connectivity index (χ3n) is 2.40. The Morgan fingerprint density at radius 2 is 1.94 bits per heavy atom. The molecule has 2 aromatic rings. The van der Waals surface area contributed by atoms with E-state index in [9.17, 15) is 0 Å². The molecule has 1 aromatic carbocycles. The van der Waals surface area contributed by atoms with Crippen molar-refractivity contribution in [1.29, 1.82) is 5.41 Å². The minimum absolute atomic E-state index is 0.0676. The highest BCUT2D eigenvalue weighted by Crippen LogP contribution is 2.21. The Kier molecular flexibility index (Phi) is 2.68. The van der Waals surface area contributed by atoms with E-state index in [-0.39, 0.29) is 5.84 Å². The second kappa shape index (κ2) is 4.14. The SMILES string of the molecule is Cc1ccc(-c2ccccc2C(=N)N)nc1. The van der Waals surface area contributed by atoms with Gasteiger partial charge < -0.3 is 5.73 Å². The predicted molar refractivity (Wildman–Crippen MR) is 65.4 cm³/mol. The Hall–Kier alpha value is -2.16. The van der Waals surface area contributed by atoms with Crippen LogP contribution in [0.2, 0.25) is 0 Å². The molecular formula is C13H13N3. The Labute approximate surface area is 94.5 Å². The van der Waals surface area contributed by atoms with Gasteiger partial charge >= 0.3 is 0 Å². The number of aromatic nitrogens is 1. The second-order valence-electron chi connectivity index (χ2n) is 3.68. The van der Waals surface area contributed by atoms with Crippen LogP contribution in [0.5, 0.6) is 0 Å². The number of aryl methyl sites for hydroxylation is 1. The van der Waals surface area contributed by atoms with Crippen LogP contribution in [0.3, 0.4) is 0 Å². The number of nitrogens with one attached hydrogen (secondary N) is 1. The Bertz CT molecular complexity index is 515. The van der Waals surface area contributed by atoms with Crippen molar-refractivity contribution in [1.82, 2.24) is 4.98 Å². The summed E-state index contributed by atoms with van der Waals surface area (Å²) in [6, 6.07) is 11.5. The van der Waals surface area contributed by atoms with Crippen molar-refractivity contribution in [3.63, 3.8) is 0 Å². The molecule has 0 saturated carbocycles. The van der Waals surface area contributed by atoms with Crippen LogP contribution in [-0.4, -0.2) is 10.8 Å². The van der Waals surface area contributed by atoms with Crippen LogP contribution in [-0.2, 0) is 0 Å². The Morgan fingerprint density at radius 1 is 1.19 bits per heavy atom. The Balaban J connectivity index is 2.55. The molecule has 0 bridgehead atoms. The summed E-state index contributed by atoms with van der Waals surface area (Å²) < 4.78 is 0. The fraction of sp³-hybridized carbons (Fsp3) is 0.0769. The quantitative estimate of drug-likeness (QED) is 0.591. The largest absolute Gasteiger partial charge is 0.384 e. The van der Waals surface area contributed by atoms with Crippen molar-refractivity contribution in [2.45, 2.75) is 6.92 Å². The van der Waals surface area contributed by atoms with Gasteiger partial charge in [0.1, 0.15) is 5.84 Å². The van der Waals surface area contributed by atoms with Gasteiger partial charge in [-0.25, -0.2) is 0 Å². The molecule has 2 rings (SSSR count). The molecule has 0 unspecified atom stereocenters. The zero-order valence-corrected chi connectivity index (χ0v) is 9.07. The normalized spacial score (nSPS) is 10.1. The number of nitrogens with two attached hydrogens (primary N) is 1. The first-order valence-electron chi connectivity index (χ1n) is 5.05. The summed E-state index contributed by atoms with van der Waals surface area (Å²) in [5, 5.41) is 7.52. The van der Waals surface area contributed by atoms with Crippen LogP contribution in [0.1, 0.15) is 11.1 Å². The molecule has 3 nitrogen and oxygen atoms in total. The van der Waals surface area contributed by atoms with Crippen molar-refractivity contribution < 1.29 is 0 Å². The van der Waals surface area contributed by atoms with E-state index in [1.165, 1.54) is 0 Å². The number of nitrogen functional groups attached to an aromatic ring is 1. The van der Waals surface area contributed by atoms with Crippen LogP contribution >= 0.6 is 0 Å². The first-order valence-corrected chi connectivity index (χ1v) is 5.05. The fourth-order valence-corrected chi connectivity index (χ4v) is 1.57. The van der Waals surface area contributed by atoms with Gasteiger partial charge in [0.05, 0.1) is 5.69 Å². The van der Waals surface area contributed by atoms with Gasteiger partial charge in [-0.2, -0.15) is 0 Å². The molecule has 1 heterocycles. The number of hydrogen-bond donors (Lipinski definition) is 2. The molecule has 0 amide bonds. The molecule has 0 fully saturated rings. The summed E-state index contributed by atoms with van der Waals surface area (Å²) in [4.78, 5) is 4.34. The van der Waals surface area contributed by atoms with Gasteiger partial charge in [0.15, 0.2) is 0 Å². The van der Waals surface area contributed by atoms with Gasteiger partial charge in [-0.05, 0) is 18.6 Å². The van der Waals surface area contributed by atoms with Crippen molar-refractivity contribution in [2.75, 3.05) is 0 Å². The van der Waals surface area contributed by atoms with E-state index in [2.05, 4.69) is 4.98 Å². The summed E-state index contributed by atoms with van der Waals surface area (Å²) in [5.41, 5.74) is 9.12. The fourth-order valence-electron chi connectivity index (χ4n) is 1.57. The minimum atomic E-state index is 0.0676. The molecule has 0 saturated heterocycles. The van der Waals surface area contributed by atoms with Gasteiger partial charge in [-0.1, -0.05) is 30.3 Å². The van der Waals surface area contributed by atoms with E-state index in [0.717, 1.165) is 22.4 Å². The maximum Gasteiger partial charge on any atom is 0.123 e. The first-order chi connectivity index (χ1) is 7.68. The number of rotatable bonds is 2. The molecule has 0 aliphatic carbocycles. The second-order valence-corrected chi connectivity index (χ2v) is 3.68. The molecule has 3 heteroatoms. The van der Waals surface area contributed by atoms with E-state index in [0.29, 0.717) is 0 Å². The highest BCUT2D eigenvalue weighted by Gasteiger charge is 2.07. The number of hydrogen-bond acceptors (Lipinski definition) is 2. The number of amidine groups is 1. The zero-order chi connectivity index (χ0) is 11.5. The van der Waals surface area contributed by atoms with Crippen LogP contribution in [0.15, 0.2) is 42.6 Å². The van der Waals surface area contributed by atoms with Crippen LogP contribution < -0.4 is 5.73 Å². The zero-order valence-electron chi connectivity index (χ0n) is 9.07. The minimum Gasteiger partial charge on any atom is -0.384 e. The predicted octanol–water partition coefficient (Wildman–Crippen LogP) is 2.34. The molecule has 16 heavy (non-hydrogen) atoms. The average molecular weight is 211 g/mol. The molecule has 0 aliphatic rings. The molecule has 1 aromatic heterocycles. The van der Waals surface area contributed by atoms with Crippen molar-refractivity contribution in [3.05, 3.63) is 53.7 Å². The highest BCUT2D eigenvalue weighted by atomic mass is 14.7. The Morgan fingerprint density at radius 3 is 2.56 bits per heavy atom. The van der Waals surface area contributed by atoms with Gasteiger partial charge in [-0.15, -0.1) is 0 Å². The molecule has 80 valence electrons. The van der Waals surface area contributed by atoms with Gasteiger partial charge in [-0.3, -0.25) is 10.4 Å². The number of pyridine rings is 1. The van der Waals surface area contributed by atoms with E-state index >= 15 is 0 Å². The first kappa shape index (κ1) is 10.4. The van der Waals surface area contributed by atoms with Crippen LogP contribution in [0, 0.1) is 12.3 Å². The monoisotopic (exact) mass is 211 g/mol. The van der Waals surface area contributed by atoms with Crippen molar-refractivity contribution in [3.8, 4) is 11.3 Å². The molecule has 0 radical (unpaired) electrons. The number of nitrogens with zero attached hydrogens (tertiary/aromatic N) is 1. The van der Waals surface area contributed by atoms with E-state index in [1.807, 2.05) is 49.5 Å². The lowest BCUT2D eigenvalue weighted by molar-refractivity contribution is 1.26. The molecular weight excluding hydrogens is 198 g/mol. The van der Waals surface area contributed by atoms with Crippen LogP contribution in [0.4, 0.5) is 0 Å². The van der Waals surface area contributed by atoms with Gasteiger partial charge in [0.2, 0.25) is 0 Å². The summed E-state index contributed by atoms with van der Waals surface area (Å²) in [6.45, 7) is 1.99. The summed E-state index contributed by atoms with van der Waals surface area (Å²) in [6.07, 6.45) is 1.81. The molecule has 0 spiro atoms. The number of benzene rings is 1. The topological polar surface area (TPSA) is 62.8 Å². The van der Waals surface area contributed by atoms with Crippen molar-refractivity contribution >= 4 is 5.84 Å². The summed E-state index contributed by atoms with van der Waals surface area (Å²) in [5.74, 6) is 0.0676. The smallest absolute Gasteiger partial charge is 0.123 e. The lowest BCUT2D eigenvalue weighted by Crippen LogP contribution is -2.12. The van der Waals surface area contributed by atoms with Crippen molar-refractivity contribution in [2.24, 2.45) is 5.73 Å². The summed E-state index contributed by atoms with van der Waals surface area (Å²) >= 11 is 0. The van der Waals surface area contributed by atoms with Crippen LogP contribution in [0.25, 0.3) is 11.3 Å². The molecule has 0 atom stereocenters. The maximum atomic E-state index is 7.52. The van der Waals surface area contributed by atoms with E-state index in [1.54, 1.807) is 0 Å². The maximum absolute atomic E-state index is 7.52. The molecule has 0 aliphatic heterocycles. The highest BCUT2D eigenvalue weighted by molar-refractivity contribution is 6.01. The molecule has 3 N–H and O–H groups in total. The third-order valence-corrected chi connectivity index (χ3v) is 2.40.